The van der Waals surface area contributed by atoms with Crippen molar-refractivity contribution in [2.75, 3.05) is 13.1 Å². The first-order valence-corrected chi connectivity index (χ1v) is 7.46. The molecule has 1 atom stereocenters. The van der Waals surface area contributed by atoms with Crippen LogP contribution in [0.1, 0.15) is 29.5 Å². The normalized spacial score (nSPS) is 18.6. The number of nitrogens with one attached hydrogen (secondary N) is 1. The molecule has 0 amide bonds. The minimum absolute atomic E-state index is 0.458. The Morgan fingerprint density at radius 3 is 2.36 bits per heavy atom. The Balaban J connectivity index is 1.94. The molecule has 22 heavy (non-hydrogen) atoms. The Hall–Kier alpha value is -1.81. The molecule has 116 valence electrons. The molecule has 0 fully saturated rings. The van der Waals surface area contributed by atoms with E-state index in [-0.39, 0.29) is 0 Å². The van der Waals surface area contributed by atoms with Gasteiger partial charge in [-0.2, -0.15) is 13.2 Å². The zero-order chi connectivity index (χ0) is 15.7. The summed E-state index contributed by atoms with van der Waals surface area (Å²) in [6, 6.07) is 11.6. The fourth-order valence-corrected chi connectivity index (χ4v) is 2.99. The van der Waals surface area contributed by atoms with Crippen LogP contribution in [0, 0.1) is 0 Å². The van der Waals surface area contributed by atoms with E-state index in [1.54, 1.807) is 12.1 Å². The molecule has 1 N–H and O–H groups in total. The number of halogens is 3. The lowest BCUT2D eigenvalue weighted by molar-refractivity contribution is -0.137. The summed E-state index contributed by atoms with van der Waals surface area (Å²) in [4.78, 5) is 0. The van der Waals surface area contributed by atoms with E-state index in [0.29, 0.717) is 5.92 Å². The van der Waals surface area contributed by atoms with Crippen molar-refractivity contribution in [1.29, 1.82) is 0 Å². The van der Waals surface area contributed by atoms with Gasteiger partial charge in [0.05, 0.1) is 5.56 Å². The molecule has 1 heterocycles. The summed E-state index contributed by atoms with van der Waals surface area (Å²) in [7, 11) is 0. The van der Waals surface area contributed by atoms with Crippen LogP contribution < -0.4 is 5.32 Å². The maximum atomic E-state index is 12.6. The van der Waals surface area contributed by atoms with E-state index in [9.17, 15) is 13.2 Å². The number of alkyl halides is 3. The first kappa shape index (κ1) is 15.1. The van der Waals surface area contributed by atoms with E-state index >= 15 is 0 Å². The van der Waals surface area contributed by atoms with Gasteiger partial charge in [-0.3, -0.25) is 0 Å². The van der Waals surface area contributed by atoms with Gasteiger partial charge >= 0.3 is 6.18 Å². The Morgan fingerprint density at radius 2 is 1.68 bits per heavy atom. The molecule has 1 nitrogen and oxygen atoms in total. The van der Waals surface area contributed by atoms with Crippen LogP contribution in [0.3, 0.4) is 0 Å². The van der Waals surface area contributed by atoms with Gasteiger partial charge in [0.2, 0.25) is 0 Å². The first-order valence-electron chi connectivity index (χ1n) is 7.46. The van der Waals surface area contributed by atoms with Crippen molar-refractivity contribution < 1.29 is 13.2 Å². The molecule has 1 aliphatic heterocycles. The zero-order valence-electron chi connectivity index (χ0n) is 12.4. The van der Waals surface area contributed by atoms with Gasteiger partial charge in [-0.25, -0.2) is 0 Å². The van der Waals surface area contributed by atoms with Crippen LogP contribution in [-0.2, 0) is 12.6 Å². The number of rotatable bonds is 1. The monoisotopic (exact) mass is 305 g/mol. The van der Waals surface area contributed by atoms with Crippen LogP contribution in [0.5, 0.6) is 0 Å². The van der Waals surface area contributed by atoms with Gasteiger partial charge in [-0.05, 0) is 53.3 Å². The standard InChI is InChI=1S/C18H18F3N/c1-12-11-22-9-8-15-10-14(4-7-17(12)15)13-2-5-16(6-3-13)18(19,20)21/h2-7,10,12,22H,8-9,11H2,1H3/t12-/m1/s1. The van der Waals surface area contributed by atoms with Crippen LogP contribution in [0.15, 0.2) is 42.5 Å². The first-order chi connectivity index (χ1) is 10.4. The molecule has 0 aliphatic carbocycles. The van der Waals surface area contributed by atoms with Crippen LogP contribution >= 0.6 is 0 Å². The smallest absolute Gasteiger partial charge is 0.316 e. The van der Waals surface area contributed by atoms with Crippen molar-refractivity contribution in [3.8, 4) is 11.1 Å². The maximum Gasteiger partial charge on any atom is 0.416 e. The number of benzene rings is 2. The molecule has 0 aromatic heterocycles. The van der Waals surface area contributed by atoms with Crippen molar-refractivity contribution in [2.45, 2.75) is 25.4 Å². The summed E-state index contributed by atoms with van der Waals surface area (Å²) in [5, 5.41) is 3.40. The van der Waals surface area contributed by atoms with Crippen LogP contribution in [0.2, 0.25) is 0 Å². The molecule has 1 aliphatic rings. The molecule has 0 radical (unpaired) electrons. The van der Waals surface area contributed by atoms with Gasteiger partial charge in [-0.1, -0.05) is 37.3 Å². The summed E-state index contributed by atoms with van der Waals surface area (Å²) >= 11 is 0. The molecular weight excluding hydrogens is 287 g/mol. The molecular formula is C18H18F3N. The zero-order valence-corrected chi connectivity index (χ0v) is 12.4. The predicted molar refractivity (Wildman–Crippen MR) is 81.9 cm³/mol. The molecule has 2 aromatic carbocycles. The van der Waals surface area contributed by atoms with Gasteiger partial charge in [0.1, 0.15) is 0 Å². The largest absolute Gasteiger partial charge is 0.416 e. The average Bonchev–Trinajstić information content (AvgIpc) is 2.68. The second-order valence-corrected chi connectivity index (χ2v) is 5.84. The molecule has 0 bridgehead atoms. The summed E-state index contributed by atoms with van der Waals surface area (Å²) in [6.07, 6.45) is -3.33. The van der Waals surface area contributed by atoms with Crippen molar-refractivity contribution in [2.24, 2.45) is 0 Å². The highest BCUT2D eigenvalue weighted by molar-refractivity contribution is 5.65. The maximum absolute atomic E-state index is 12.6. The number of hydrogen-bond acceptors (Lipinski definition) is 1. The highest BCUT2D eigenvalue weighted by Crippen LogP contribution is 2.32. The second-order valence-electron chi connectivity index (χ2n) is 5.84. The predicted octanol–water partition coefficient (Wildman–Crippen LogP) is 4.62. The third-order valence-corrected chi connectivity index (χ3v) is 4.24. The van der Waals surface area contributed by atoms with Gasteiger partial charge in [0.15, 0.2) is 0 Å². The average molecular weight is 305 g/mol. The van der Waals surface area contributed by atoms with Gasteiger partial charge < -0.3 is 5.32 Å². The SMILES string of the molecule is C[C@@H]1CNCCc2cc(-c3ccc(C(F)(F)F)cc3)ccc21. The third-order valence-electron chi connectivity index (χ3n) is 4.24. The Labute approximate surface area is 128 Å². The lowest BCUT2D eigenvalue weighted by Crippen LogP contribution is -2.18. The van der Waals surface area contributed by atoms with Crippen LogP contribution in [0.25, 0.3) is 11.1 Å². The van der Waals surface area contributed by atoms with Gasteiger partial charge in [0, 0.05) is 6.54 Å². The van der Waals surface area contributed by atoms with Crippen LogP contribution in [-0.4, -0.2) is 13.1 Å². The van der Waals surface area contributed by atoms with Gasteiger partial charge in [-0.15, -0.1) is 0 Å². The third kappa shape index (κ3) is 3.02. The lowest BCUT2D eigenvalue weighted by atomic mass is 9.91. The molecule has 0 unspecified atom stereocenters. The van der Waals surface area contributed by atoms with E-state index in [2.05, 4.69) is 24.4 Å². The number of hydrogen-bond donors (Lipinski definition) is 1. The Kier molecular flexibility index (Phi) is 3.96. The van der Waals surface area contributed by atoms with E-state index in [4.69, 9.17) is 0 Å². The molecule has 3 rings (SSSR count). The Bertz CT molecular complexity index is 659. The minimum atomic E-state index is -4.28. The highest BCUT2D eigenvalue weighted by atomic mass is 19.4. The summed E-state index contributed by atoms with van der Waals surface area (Å²) < 4.78 is 37.9. The fraction of sp³-hybridized carbons (Fsp3) is 0.333. The minimum Gasteiger partial charge on any atom is -0.316 e. The van der Waals surface area contributed by atoms with Crippen molar-refractivity contribution >= 4 is 0 Å². The lowest BCUT2D eigenvalue weighted by Gasteiger charge is -2.14. The molecule has 0 saturated carbocycles. The topological polar surface area (TPSA) is 12.0 Å². The fourth-order valence-electron chi connectivity index (χ4n) is 2.99. The quantitative estimate of drug-likeness (QED) is 0.810. The highest BCUT2D eigenvalue weighted by Gasteiger charge is 2.30. The van der Waals surface area contributed by atoms with E-state index in [1.165, 1.54) is 11.1 Å². The second kappa shape index (κ2) is 5.76. The van der Waals surface area contributed by atoms with Gasteiger partial charge in [0.25, 0.3) is 0 Å². The molecule has 4 heteroatoms. The molecule has 2 aromatic rings. The van der Waals surface area contributed by atoms with Crippen molar-refractivity contribution in [3.63, 3.8) is 0 Å². The van der Waals surface area contributed by atoms with E-state index in [0.717, 1.165) is 42.8 Å². The van der Waals surface area contributed by atoms with Crippen molar-refractivity contribution in [1.82, 2.24) is 5.32 Å². The van der Waals surface area contributed by atoms with E-state index < -0.39 is 11.7 Å². The number of fused-ring (bicyclic) bond motifs is 1. The van der Waals surface area contributed by atoms with Crippen LogP contribution in [0.4, 0.5) is 13.2 Å². The van der Waals surface area contributed by atoms with Crippen molar-refractivity contribution in [3.05, 3.63) is 59.2 Å². The molecule has 0 saturated heterocycles. The Morgan fingerprint density at radius 1 is 1.00 bits per heavy atom. The summed E-state index contributed by atoms with van der Waals surface area (Å²) in [5.74, 6) is 0.458. The summed E-state index contributed by atoms with van der Waals surface area (Å²) in [6.45, 7) is 4.09. The van der Waals surface area contributed by atoms with E-state index in [1.807, 2.05) is 6.07 Å². The summed E-state index contributed by atoms with van der Waals surface area (Å²) in [5.41, 5.74) is 3.81. The molecule has 0 spiro atoms.